The highest BCUT2D eigenvalue weighted by atomic mass is 19.1. The number of hydrogen-bond donors (Lipinski definition) is 1. The molecule has 0 saturated carbocycles. The van der Waals surface area contributed by atoms with E-state index in [4.69, 9.17) is 0 Å². The van der Waals surface area contributed by atoms with Crippen LogP contribution in [0.5, 0.6) is 0 Å². The van der Waals surface area contributed by atoms with Crippen LogP contribution in [0.15, 0.2) is 18.2 Å². The topological polar surface area (TPSA) is 40.5 Å². The van der Waals surface area contributed by atoms with Gasteiger partial charge < -0.3 is 10.0 Å². The molecule has 1 aliphatic heterocycles. The minimum absolute atomic E-state index is 0.200. The average Bonchev–Trinajstić information content (AvgIpc) is 2.67. The molecule has 4 heteroatoms. The Morgan fingerprint density at radius 1 is 1.56 bits per heavy atom. The van der Waals surface area contributed by atoms with Crippen molar-refractivity contribution in [3.05, 3.63) is 35.1 Å². The fourth-order valence-electron chi connectivity index (χ4n) is 1.92. The summed E-state index contributed by atoms with van der Waals surface area (Å²) in [5.41, 5.74) is 1.14. The quantitative estimate of drug-likeness (QED) is 0.780. The number of halogens is 1. The summed E-state index contributed by atoms with van der Waals surface area (Å²) in [5.74, 6) is -0.609. The first kappa shape index (κ1) is 11.1. The summed E-state index contributed by atoms with van der Waals surface area (Å²) in [6, 6.07) is 4.18. The van der Waals surface area contributed by atoms with Crippen LogP contribution in [-0.4, -0.2) is 35.1 Å². The number of rotatable bonds is 1. The van der Waals surface area contributed by atoms with Crippen molar-refractivity contribution in [2.45, 2.75) is 19.4 Å². The molecule has 2 rings (SSSR count). The maximum atomic E-state index is 13.1. The van der Waals surface area contributed by atoms with E-state index in [1.165, 1.54) is 12.1 Å². The lowest BCUT2D eigenvalue weighted by Gasteiger charge is -2.16. The minimum atomic E-state index is -0.446. The molecule has 1 atom stereocenters. The Kier molecular flexibility index (Phi) is 2.92. The fourth-order valence-corrected chi connectivity index (χ4v) is 1.92. The Balaban J connectivity index is 2.23. The number of carbonyl (C=O) groups is 1. The molecule has 1 aromatic rings. The number of aliphatic hydroxyl groups excluding tert-OH is 1. The summed E-state index contributed by atoms with van der Waals surface area (Å²) in [6.07, 6.45) is 0.151. The van der Waals surface area contributed by atoms with Crippen molar-refractivity contribution in [2.24, 2.45) is 0 Å². The number of nitrogens with zero attached hydrogens (tertiary/aromatic N) is 1. The van der Waals surface area contributed by atoms with Gasteiger partial charge in [0.1, 0.15) is 5.82 Å². The number of benzene rings is 1. The molecule has 1 heterocycles. The zero-order valence-electron chi connectivity index (χ0n) is 9.11. The van der Waals surface area contributed by atoms with Crippen LogP contribution >= 0.6 is 0 Å². The molecular weight excluding hydrogens is 209 g/mol. The maximum Gasteiger partial charge on any atom is 0.254 e. The van der Waals surface area contributed by atoms with E-state index in [0.717, 1.165) is 5.56 Å². The Morgan fingerprint density at radius 3 is 2.94 bits per heavy atom. The van der Waals surface area contributed by atoms with Crippen LogP contribution in [0.4, 0.5) is 4.39 Å². The van der Waals surface area contributed by atoms with E-state index in [1.54, 1.807) is 17.9 Å². The van der Waals surface area contributed by atoms with Crippen LogP contribution in [-0.2, 0) is 0 Å². The molecule has 0 spiro atoms. The second kappa shape index (κ2) is 4.22. The molecule has 1 unspecified atom stereocenters. The molecule has 1 saturated heterocycles. The van der Waals surface area contributed by atoms with Gasteiger partial charge in [-0.2, -0.15) is 0 Å². The molecule has 16 heavy (non-hydrogen) atoms. The van der Waals surface area contributed by atoms with E-state index in [0.29, 0.717) is 25.1 Å². The third kappa shape index (κ3) is 2.07. The maximum absolute atomic E-state index is 13.1. The molecule has 1 amide bonds. The van der Waals surface area contributed by atoms with Gasteiger partial charge in [-0.1, -0.05) is 6.07 Å². The zero-order valence-corrected chi connectivity index (χ0v) is 9.11. The minimum Gasteiger partial charge on any atom is -0.391 e. The monoisotopic (exact) mass is 223 g/mol. The first-order chi connectivity index (χ1) is 7.58. The number of hydrogen-bond acceptors (Lipinski definition) is 2. The summed E-state index contributed by atoms with van der Waals surface area (Å²) in [5, 5.41) is 9.35. The second-order valence-electron chi connectivity index (χ2n) is 4.15. The van der Waals surface area contributed by atoms with E-state index in [-0.39, 0.29) is 5.91 Å². The van der Waals surface area contributed by atoms with Gasteiger partial charge in [0, 0.05) is 18.7 Å². The number of aliphatic hydroxyl groups is 1. The van der Waals surface area contributed by atoms with Gasteiger partial charge in [-0.3, -0.25) is 4.79 Å². The summed E-state index contributed by atoms with van der Waals surface area (Å²) < 4.78 is 13.1. The van der Waals surface area contributed by atoms with Crippen LogP contribution in [0.3, 0.4) is 0 Å². The molecule has 86 valence electrons. The summed E-state index contributed by atoms with van der Waals surface area (Å²) >= 11 is 0. The van der Waals surface area contributed by atoms with Crippen molar-refractivity contribution >= 4 is 5.91 Å². The Hall–Kier alpha value is -1.42. The third-order valence-electron chi connectivity index (χ3n) is 2.88. The van der Waals surface area contributed by atoms with E-state index in [2.05, 4.69) is 0 Å². The predicted octanol–water partition coefficient (Wildman–Crippen LogP) is 1.34. The number of aryl methyl sites for hydroxylation is 1. The molecule has 0 aromatic heterocycles. The molecule has 3 nitrogen and oxygen atoms in total. The van der Waals surface area contributed by atoms with Gasteiger partial charge in [0.05, 0.1) is 6.10 Å². The van der Waals surface area contributed by atoms with Crippen LogP contribution in [0.1, 0.15) is 22.3 Å². The third-order valence-corrected chi connectivity index (χ3v) is 2.88. The first-order valence-electron chi connectivity index (χ1n) is 5.31. The van der Waals surface area contributed by atoms with Crippen LogP contribution < -0.4 is 0 Å². The van der Waals surface area contributed by atoms with Crippen molar-refractivity contribution in [3.8, 4) is 0 Å². The van der Waals surface area contributed by atoms with Gasteiger partial charge in [-0.25, -0.2) is 4.39 Å². The number of β-amino-alcohol motifs (C(OH)–C–C–N with tert-alkyl or cyclic N) is 1. The van der Waals surface area contributed by atoms with Gasteiger partial charge in [0.2, 0.25) is 0 Å². The summed E-state index contributed by atoms with van der Waals surface area (Å²) in [6.45, 7) is 2.66. The van der Waals surface area contributed by atoms with Crippen LogP contribution in [0.2, 0.25) is 0 Å². The lowest BCUT2D eigenvalue weighted by atomic mass is 10.1. The van der Waals surface area contributed by atoms with Gasteiger partial charge in [0.15, 0.2) is 0 Å². The lowest BCUT2D eigenvalue weighted by molar-refractivity contribution is 0.0764. The van der Waals surface area contributed by atoms with Crippen molar-refractivity contribution in [1.82, 2.24) is 4.90 Å². The second-order valence-corrected chi connectivity index (χ2v) is 4.15. The standard InChI is InChI=1S/C12H14FNO2/c1-8-2-3-9(13)6-11(8)12(16)14-5-4-10(15)7-14/h2-3,6,10,15H,4-5,7H2,1H3. The van der Waals surface area contributed by atoms with Gasteiger partial charge in [0.25, 0.3) is 5.91 Å². The Morgan fingerprint density at radius 2 is 2.31 bits per heavy atom. The predicted molar refractivity (Wildman–Crippen MR) is 57.7 cm³/mol. The molecule has 0 aliphatic carbocycles. The molecule has 1 N–H and O–H groups in total. The van der Waals surface area contributed by atoms with Crippen molar-refractivity contribution in [2.75, 3.05) is 13.1 Å². The Labute approximate surface area is 93.5 Å². The molecule has 1 fully saturated rings. The highest BCUT2D eigenvalue weighted by molar-refractivity contribution is 5.95. The highest BCUT2D eigenvalue weighted by Gasteiger charge is 2.26. The van der Waals surface area contributed by atoms with Crippen LogP contribution in [0, 0.1) is 12.7 Å². The fraction of sp³-hybridized carbons (Fsp3) is 0.417. The van der Waals surface area contributed by atoms with E-state index < -0.39 is 11.9 Å². The van der Waals surface area contributed by atoms with Gasteiger partial charge in [-0.15, -0.1) is 0 Å². The normalized spacial score (nSPS) is 20.2. The molecule has 0 bridgehead atoms. The number of likely N-dealkylation sites (tertiary alicyclic amines) is 1. The summed E-state index contributed by atoms with van der Waals surface area (Å²) in [4.78, 5) is 13.6. The smallest absolute Gasteiger partial charge is 0.254 e. The SMILES string of the molecule is Cc1ccc(F)cc1C(=O)N1CCC(O)C1. The van der Waals surface area contributed by atoms with Gasteiger partial charge in [-0.05, 0) is 31.0 Å². The highest BCUT2D eigenvalue weighted by Crippen LogP contribution is 2.17. The summed E-state index contributed by atoms with van der Waals surface area (Å²) in [7, 11) is 0. The van der Waals surface area contributed by atoms with Crippen molar-refractivity contribution in [3.63, 3.8) is 0 Å². The molecule has 0 radical (unpaired) electrons. The number of amides is 1. The molecule has 1 aromatic carbocycles. The van der Waals surface area contributed by atoms with Gasteiger partial charge >= 0.3 is 0 Å². The van der Waals surface area contributed by atoms with E-state index in [9.17, 15) is 14.3 Å². The van der Waals surface area contributed by atoms with Crippen molar-refractivity contribution in [1.29, 1.82) is 0 Å². The molecule has 1 aliphatic rings. The van der Waals surface area contributed by atoms with E-state index >= 15 is 0 Å². The zero-order chi connectivity index (χ0) is 11.7. The first-order valence-corrected chi connectivity index (χ1v) is 5.31. The average molecular weight is 223 g/mol. The van der Waals surface area contributed by atoms with Crippen molar-refractivity contribution < 1.29 is 14.3 Å². The lowest BCUT2D eigenvalue weighted by Crippen LogP contribution is -2.30. The largest absolute Gasteiger partial charge is 0.391 e. The molecular formula is C12H14FNO2. The van der Waals surface area contributed by atoms with Crippen LogP contribution in [0.25, 0.3) is 0 Å². The Bertz CT molecular complexity index is 419. The number of carbonyl (C=O) groups excluding carboxylic acids is 1. The van der Waals surface area contributed by atoms with E-state index in [1.807, 2.05) is 0 Å².